The maximum Gasteiger partial charge on any atom is 0.301 e. The molecule has 8 nitrogen and oxygen atoms in total. The summed E-state index contributed by atoms with van der Waals surface area (Å²) in [5, 5.41) is 14.9. The van der Waals surface area contributed by atoms with E-state index in [0.717, 1.165) is 17.0 Å². The predicted octanol–water partition coefficient (Wildman–Crippen LogP) is 3.77. The van der Waals surface area contributed by atoms with Gasteiger partial charge in [0.1, 0.15) is 17.3 Å². The third-order valence-electron chi connectivity index (χ3n) is 5.15. The molecule has 2 aromatic carbocycles. The van der Waals surface area contributed by atoms with Gasteiger partial charge in [-0.15, -0.1) is 0 Å². The van der Waals surface area contributed by atoms with Gasteiger partial charge in [-0.25, -0.2) is 4.39 Å². The number of aryl methyl sites for hydroxylation is 1. The second kappa shape index (κ2) is 8.18. The molecule has 0 radical (unpaired) electrons. The standard InChI is InChI=1S/C23H19FN2O6/c1-12-10-18(25-32-12)26-20(14-6-9-16(30-2)17(11-14)31-3)19(22(28)23(26)29)21(27)13-4-7-15(24)8-5-13/h4-11,20,27H,1-3H3/t20-/m0/s1. The summed E-state index contributed by atoms with van der Waals surface area (Å²) >= 11 is 0. The highest BCUT2D eigenvalue weighted by molar-refractivity contribution is 6.51. The zero-order valence-corrected chi connectivity index (χ0v) is 17.5. The number of aromatic nitrogens is 1. The Balaban J connectivity index is 1.95. The first-order chi connectivity index (χ1) is 15.3. The fraction of sp³-hybridized carbons (Fsp3) is 0.174. The van der Waals surface area contributed by atoms with Crippen LogP contribution < -0.4 is 14.4 Å². The molecule has 0 aliphatic carbocycles. The van der Waals surface area contributed by atoms with Crippen molar-refractivity contribution in [2.45, 2.75) is 13.0 Å². The van der Waals surface area contributed by atoms with Gasteiger partial charge in [0, 0.05) is 11.6 Å². The number of amides is 1. The van der Waals surface area contributed by atoms with Crippen LogP contribution in [0.1, 0.15) is 22.9 Å². The summed E-state index contributed by atoms with van der Waals surface area (Å²) in [5.74, 6) is -1.37. The average Bonchev–Trinajstić information content (AvgIpc) is 3.34. The second-order valence-electron chi connectivity index (χ2n) is 7.09. The molecular formula is C23H19FN2O6. The van der Waals surface area contributed by atoms with Crippen molar-refractivity contribution >= 4 is 23.3 Å². The van der Waals surface area contributed by atoms with Crippen molar-refractivity contribution in [1.82, 2.24) is 5.16 Å². The van der Waals surface area contributed by atoms with Crippen LogP contribution in [0.5, 0.6) is 11.5 Å². The van der Waals surface area contributed by atoms with Crippen molar-refractivity contribution in [2.75, 3.05) is 19.1 Å². The van der Waals surface area contributed by atoms with Gasteiger partial charge in [-0.05, 0) is 48.9 Å². The van der Waals surface area contributed by atoms with Crippen molar-refractivity contribution in [3.8, 4) is 11.5 Å². The first kappa shape index (κ1) is 21.1. The summed E-state index contributed by atoms with van der Waals surface area (Å²) in [5.41, 5.74) is 0.479. The van der Waals surface area contributed by atoms with Crippen LogP contribution in [0.15, 0.2) is 58.6 Å². The molecule has 3 aromatic rings. The highest BCUT2D eigenvalue weighted by Gasteiger charge is 2.48. The van der Waals surface area contributed by atoms with E-state index in [9.17, 15) is 19.1 Å². The largest absolute Gasteiger partial charge is 0.507 e. The van der Waals surface area contributed by atoms with E-state index >= 15 is 0 Å². The summed E-state index contributed by atoms with van der Waals surface area (Å²) in [6.07, 6.45) is 0. The van der Waals surface area contributed by atoms with Crippen LogP contribution in [0.2, 0.25) is 0 Å². The van der Waals surface area contributed by atoms with Crippen LogP contribution in [-0.4, -0.2) is 36.2 Å². The molecule has 0 unspecified atom stereocenters. The SMILES string of the molecule is COc1ccc([C@H]2C(=C(O)c3ccc(F)cc3)C(=O)C(=O)N2c2cc(C)on2)cc1OC. The Morgan fingerprint density at radius 3 is 2.34 bits per heavy atom. The highest BCUT2D eigenvalue weighted by atomic mass is 19.1. The second-order valence-corrected chi connectivity index (χ2v) is 7.09. The van der Waals surface area contributed by atoms with Gasteiger partial charge in [-0.1, -0.05) is 11.2 Å². The van der Waals surface area contributed by atoms with E-state index < -0.39 is 29.3 Å². The number of ketones is 1. The molecule has 0 saturated carbocycles. The number of rotatable bonds is 5. The Morgan fingerprint density at radius 1 is 1.06 bits per heavy atom. The minimum atomic E-state index is -1.04. The van der Waals surface area contributed by atoms with E-state index in [1.807, 2.05) is 0 Å². The maximum atomic E-state index is 13.4. The van der Waals surface area contributed by atoms with Gasteiger partial charge in [-0.2, -0.15) is 0 Å². The number of aliphatic hydroxyl groups is 1. The van der Waals surface area contributed by atoms with Gasteiger partial charge >= 0.3 is 5.91 Å². The summed E-state index contributed by atoms with van der Waals surface area (Å²) in [7, 11) is 2.94. The van der Waals surface area contributed by atoms with Crippen LogP contribution in [0.4, 0.5) is 10.2 Å². The number of hydrogen-bond donors (Lipinski definition) is 1. The predicted molar refractivity (Wildman–Crippen MR) is 112 cm³/mol. The van der Waals surface area contributed by atoms with Gasteiger partial charge in [0.05, 0.1) is 25.8 Å². The van der Waals surface area contributed by atoms with Crippen LogP contribution in [0.25, 0.3) is 5.76 Å². The third kappa shape index (κ3) is 3.47. The minimum absolute atomic E-state index is 0.113. The molecule has 1 atom stereocenters. The lowest BCUT2D eigenvalue weighted by atomic mass is 9.95. The third-order valence-corrected chi connectivity index (χ3v) is 5.15. The van der Waals surface area contributed by atoms with E-state index in [1.54, 1.807) is 25.1 Å². The van der Waals surface area contributed by atoms with Crippen LogP contribution in [0.3, 0.4) is 0 Å². The number of carbonyl (C=O) groups excluding carboxylic acids is 2. The van der Waals surface area contributed by atoms with Crippen LogP contribution in [0, 0.1) is 12.7 Å². The molecule has 1 aliphatic heterocycles. The Labute approximate surface area is 182 Å². The quantitative estimate of drug-likeness (QED) is 0.368. The van der Waals surface area contributed by atoms with E-state index in [2.05, 4.69) is 5.16 Å². The van der Waals surface area contributed by atoms with E-state index in [4.69, 9.17) is 14.0 Å². The summed E-state index contributed by atoms with van der Waals surface area (Å²) in [4.78, 5) is 27.2. The summed E-state index contributed by atoms with van der Waals surface area (Å²) in [6.45, 7) is 1.65. The fourth-order valence-corrected chi connectivity index (χ4v) is 3.64. The average molecular weight is 438 g/mol. The smallest absolute Gasteiger partial charge is 0.301 e. The lowest BCUT2D eigenvalue weighted by molar-refractivity contribution is -0.132. The number of Topliss-reactive ketones (excluding diaryl/α,β-unsaturated/α-hetero) is 1. The number of halogens is 1. The lowest BCUT2D eigenvalue weighted by Crippen LogP contribution is -2.29. The van der Waals surface area contributed by atoms with Crippen molar-refractivity contribution in [3.05, 3.63) is 76.8 Å². The molecule has 32 heavy (non-hydrogen) atoms. The number of aliphatic hydroxyl groups excluding tert-OH is 1. The monoisotopic (exact) mass is 438 g/mol. The number of hydrogen-bond acceptors (Lipinski definition) is 7. The number of nitrogens with zero attached hydrogens (tertiary/aromatic N) is 2. The molecular weight excluding hydrogens is 419 g/mol. The van der Waals surface area contributed by atoms with Gasteiger partial charge < -0.3 is 19.1 Å². The number of ether oxygens (including phenoxy) is 2. The Hall–Kier alpha value is -4.14. The molecule has 1 saturated heterocycles. The molecule has 1 aliphatic rings. The Kier molecular flexibility index (Phi) is 5.40. The molecule has 164 valence electrons. The number of benzene rings is 2. The minimum Gasteiger partial charge on any atom is -0.507 e. The molecule has 1 aromatic heterocycles. The summed E-state index contributed by atoms with van der Waals surface area (Å²) < 4.78 is 29.1. The number of carbonyl (C=O) groups is 2. The van der Waals surface area contributed by atoms with Crippen molar-refractivity contribution in [2.24, 2.45) is 0 Å². The van der Waals surface area contributed by atoms with Crippen molar-refractivity contribution in [3.63, 3.8) is 0 Å². The van der Waals surface area contributed by atoms with Crippen LogP contribution >= 0.6 is 0 Å². The molecule has 2 heterocycles. The zero-order chi connectivity index (χ0) is 23.0. The van der Waals surface area contributed by atoms with E-state index in [-0.39, 0.29) is 17.0 Å². The molecule has 4 rings (SSSR count). The van der Waals surface area contributed by atoms with Gasteiger partial charge in [0.25, 0.3) is 5.78 Å². The number of methoxy groups -OCH3 is 2. The van der Waals surface area contributed by atoms with Crippen molar-refractivity contribution < 1.29 is 33.1 Å². The molecule has 0 spiro atoms. The molecule has 1 amide bonds. The lowest BCUT2D eigenvalue weighted by Gasteiger charge is -2.23. The van der Waals surface area contributed by atoms with E-state index in [1.165, 1.54) is 32.4 Å². The first-order valence-corrected chi connectivity index (χ1v) is 9.58. The Morgan fingerprint density at radius 2 is 1.75 bits per heavy atom. The molecule has 0 bridgehead atoms. The Bertz CT molecular complexity index is 1230. The maximum absolute atomic E-state index is 13.4. The normalized spacial score (nSPS) is 17.6. The van der Waals surface area contributed by atoms with Gasteiger partial charge in [0.15, 0.2) is 17.3 Å². The molecule has 1 N–H and O–H groups in total. The van der Waals surface area contributed by atoms with Crippen LogP contribution in [-0.2, 0) is 9.59 Å². The summed E-state index contributed by atoms with van der Waals surface area (Å²) in [6, 6.07) is 10.3. The first-order valence-electron chi connectivity index (χ1n) is 9.58. The van der Waals surface area contributed by atoms with E-state index in [0.29, 0.717) is 22.8 Å². The molecule has 9 heteroatoms. The zero-order valence-electron chi connectivity index (χ0n) is 17.5. The molecule has 1 fully saturated rings. The van der Waals surface area contributed by atoms with Crippen molar-refractivity contribution in [1.29, 1.82) is 0 Å². The van der Waals surface area contributed by atoms with Gasteiger partial charge in [0.2, 0.25) is 0 Å². The topological polar surface area (TPSA) is 102 Å². The highest BCUT2D eigenvalue weighted by Crippen LogP contribution is 2.43. The fourth-order valence-electron chi connectivity index (χ4n) is 3.64. The van der Waals surface area contributed by atoms with Gasteiger partial charge in [-0.3, -0.25) is 14.5 Å². The number of anilines is 1.